The molecular weight excluding hydrogens is 314 g/mol. The zero-order valence-electron chi connectivity index (χ0n) is 11.8. The largest absolute Gasteiger partial charge is 0.369 e. The molecule has 2 rings (SSSR count). The predicted molar refractivity (Wildman–Crippen MR) is 88.4 cm³/mol. The van der Waals surface area contributed by atoms with Gasteiger partial charge < -0.3 is 5.32 Å². The Morgan fingerprint density at radius 3 is 2.90 bits per heavy atom. The van der Waals surface area contributed by atoms with Gasteiger partial charge in [-0.05, 0) is 30.5 Å². The molecule has 0 saturated carbocycles. The fourth-order valence-electron chi connectivity index (χ4n) is 1.81. The summed E-state index contributed by atoms with van der Waals surface area (Å²) >= 11 is 7.61. The van der Waals surface area contributed by atoms with E-state index in [0.717, 1.165) is 35.4 Å². The summed E-state index contributed by atoms with van der Waals surface area (Å²) in [6.45, 7) is 4.83. The van der Waals surface area contributed by atoms with Gasteiger partial charge in [0.1, 0.15) is 10.6 Å². The van der Waals surface area contributed by atoms with Crippen molar-refractivity contribution in [3.8, 4) is 0 Å². The van der Waals surface area contributed by atoms with Crippen molar-refractivity contribution in [2.75, 3.05) is 18.1 Å². The fraction of sp³-hybridized carbons (Fsp3) is 0.538. The number of anilines is 1. The van der Waals surface area contributed by atoms with Crippen LogP contribution >= 0.6 is 22.9 Å². The van der Waals surface area contributed by atoms with E-state index < -0.39 is 10.8 Å². The van der Waals surface area contributed by atoms with Crippen molar-refractivity contribution in [1.29, 1.82) is 0 Å². The van der Waals surface area contributed by atoms with Crippen LogP contribution in [0.25, 0.3) is 10.2 Å². The summed E-state index contributed by atoms with van der Waals surface area (Å²) in [7, 11) is -0.794. The lowest BCUT2D eigenvalue weighted by molar-refractivity contribution is 0.672. The number of nitrogens with one attached hydrogen (secondary N) is 1. The SMILES string of the molecule is CCc1cc2c(NCCC(C)S(C)=O)nc(Cl)nc2s1. The van der Waals surface area contributed by atoms with Crippen molar-refractivity contribution < 1.29 is 4.21 Å². The number of aromatic nitrogens is 2. The van der Waals surface area contributed by atoms with Crippen molar-refractivity contribution in [3.63, 3.8) is 0 Å². The van der Waals surface area contributed by atoms with Crippen LogP contribution in [0.3, 0.4) is 0 Å². The number of thiophene rings is 1. The summed E-state index contributed by atoms with van der Waals surface area (Å²) in [6, 6.07) is 2.11. The first-order valence-electron chi connectivity index (χ1n) is 6.53. The van der Waals surface area contributed by atoms with Crippen LogP contribution in [0.15, 0.2) is 6.07 Å². The summed E-state index contributed by atoms with van der Waals surface area (Å²) < 4.78 is 11.3. The van der Waals surface area contributed by atoms with Gasteiger partial charge in [-0.3, -0.25) is 4.21 Å². The fourth-order valence-corrected chi connectivity index (χ4v) is 3.45. The van der Waals surface area contributed by atoms with Crippen LogP contribution in [0.4, 0.5) is 5.82 Å². The summed E-state index contributed by atoms with van der Waals surface area (Å²) in [5.41, 5.74) is 0. The lowest BCUT2D eigenvalue weighted by Crippen LogP contribution is -2.15. The van der Waals surface area contributed by atoms with Gasteiger partial charge in [-0.2, -0.15) is 0 Å². The number of fused-ring (bicyclic) bond motifs is 1. The molecule has 2 unspecified atom stereocenters. The second-order valence-corrected chi connectivity index (χ2v) is 7.91. The molecule has 0 aliphatic rings. The molecule has 0 aliphatic heterocycles. The number of rotatable bonds is 6. The Morgan fingerprint density at radius 2 is 2.25 bits per heavy atom. The molecule has 4 nitrogen and oxygen atoms in total. The molecule has 7 heteroatoms. The minimum atomic E-state index is -0.794. The molecule has 0 saturated heterocycles. The van der Waals surface area contributed by atoms with E-state index in [-0.39, 0.29) is 10.5 Å². The van der Waals surface area contributed by atoms with Crippen molar-refractivity contribution in [1.82, 2.24) is 9.97 Å². The molecule has 0 aromatic carbocycles. The van der Waals surface area contributed by atoms with Gasteiger partial charge in [0.05, 0.1) is 5.39 Å². The number of halogens is 1. The minimum Gasteiger partial charge on any atom is -0.369 e. The quantitative estimate of drug-likeness (QED) is 0.823. The lowest BCUT2D eigenvalue weighted by Gasteiger charge is -2.10. The smallest absolute Gasteiger partial charge is 0.225 e. The molecule has 2 heterocycles. The Kier molecular flexibility index (Phi) is 5.35. The maximum atomic E-state index is 11.3. The number of hydrogen-bond acceptors (Lipinski definition) is 5. The average molecular weight is 332 g/mol. The van der Waals surface area contributed by atoms with Gasteiger partial charge in [0.2, 0.25) is 5.28 Å². The van der Waals surface area contributed by atoms with Crippen molar-refractivity contribution in [3.05, 3.63) is 16.2 Å². The van der Waals surface area contributed by atoms with E-state index in [4.69, 9.17) is 11.6 Å². The Balaban J connectivity index is 2.16. The highest BCUT2D eigenvalue weighted by Gasteiger charge is 2.11. The summed E-state index contributed by atoms with van der Waals surface area (Å²) in [6.07, 6.45) is 3.54. The molecule has 2 atom stereocenters. The van der Waals surface area contributed by atoms with Crippen molar-refractivity contribution >= 4 is 49.8 Å². The highest BCUT2D eigenvalue weighted by atomic mass is 35.5. The van der Waals surface area contributed by atoms with Crippen molar-refractivity contribution in [2.24, 2.45) is 0 Å². The molecule has 2 aromatic rings. The second kappa shape index (κ2) is 6.83. The molecule has 20 heavy (non-hydrogen) atoms. The zero-order chi connectivity index (χ0) is 14.7. The summed E-state index contributed by atoms with van der Waals surface area (Å²) in [5.74, 6) is 0.769. The number of hydrogen-bond donors (Lipinski definition) is 1. The molecule has 0 amide bonds. The Bertz CT molecular complexity index is 629. The molecule has 0 radical (unpaired) electrons. The van der Waals surface area contributed by atoms with Crippen molar-refractivity contribution in [2.45, 2.75) is 31.9 Å². The Morgan fingerprint density at radius 1 is 1.50 bits per heavy atom. The number of aryl methyl sites for hydroxylation is 1. The molecule has 0 bridgehead atoms. The van der Waals surface area contributed by atoms with Crippen LogP contribution in [0.1, 0.15) is 25.1 Å². The van der Waals surface area contributed by atoms with E-state index in [9.17, 15) is 4.21 Å². The summed E-state index contributed by atoms with van der Waals surface area (Å²) in [4.78, 5) is 10.7. The standard InChI is InChI=1S/C13H18ClN3OS2/c1-4-9-7-10-11(15-6-5-8(2)20(3)18)16-13(14)17-12(10)19-9/h7-8H,4-6H2,1-3H3,(H,15,16,17). The van der Waals surface area contributed by atoms with Crippen LogP contribution in [0.2, 0.25) is 5.28 Å². The van der Waals surface area contributed by atoms with Crippen LogP contribution in [-0.4, -0.2) is 32.2 Å². The first-order chi connectivity index (χ1) is 9.51. The van der Waals surface area contributed by atoms with E-state index in [1.165, 1.54) is 4.88 Å². The third-order valence-corrected chi connectivity index (χ3v) is 5.89. The van der Waals surface area contributed by atoms with Crippen LogP contribution < -0.4 is 5.32 Å². The van der Waals surface area contributed by atoms with E-state index in [1.54, 1.807) is 17.6 Å². The van der Waals surface area contributed by atoms with Gasteiger partial charge in [-0.25, -0.2) is 9.97 Å². The maximum Gasteiger partial charge on any atom is 0.225 e. The van der Waals surface area contributed by atoms with Gasteiger partial charge in [0, 0.05) is 33.7 Å². The van der Waals surface area contributed by atoms with Gasteiger partial charge in [-0.1, -0.05) is 13.8 Å². The van der Waals surface area contributed by atoms with Gasteiger partial charge in [0.25, 0.3) is 0 Å². The average Bonchev–Trinajstić information content (AvgIpc) is 2.81. The van der Waals surface area contributed by atoms with E-state index in [0.29, 0.717) is 0 Å². The molecule has 110 valence electrons. The third-order valence-electron chi connectivity index (χ3n) is 3.17. The van der Waals surface area contributed by atoms with Gasteiger partial charge in [0.15, 0.2) is 0 Å². The first-order valence-corrected chi connectivity index (χ1v) is 9.35. The highest BCUT2D eigenvalue weighted by molar-refractivity contribution is 7.84. The molecule has 0 spiro atoms. The Labute approximate surface area is 130 Å². The molecule has 0 fully saturated rings. The van der Waals surface area contributed by atoms with Crippen LogP contribution in [0, 0.1) is 0 Å². The van der Waals surface area contributed by atoms with Crippen LogP contribution in [-0.2, 0) is 17.2 Å². The normalized spacial score (nSPS) is 14.4. The number of nitrogens with zero attached hydrogens (tertiary/aromatic N) is 2. The van der Waals surface area contributed by atoms with Gasteiger partial charge in [-0.15, -0.1) is 11.3 Å². The third kappa shape index (κ3) is 3.68. The Hall–Kier alpha value is -0.720. The molecular formula is C13H18ClN3OS2. The predicted octanol–water partition coefficient (Wildman–Crippen LogP) is 3.48. The van der Waals surface area contributed by atoms with E-state index in [2.05, 4.69) is 28.3 Å². The van der Waals surface area contributed by atoms with E-state index in [1.807, 2.05) is 6.92 Å². The lowest BCUT2D eigenvalue weighted by atomic mass is 10.3. The summed E-state index contributed by atoms with van der Waals surface area (Å²) in [5, 5.41) is 4.73. The maximum absolute atomic E-state index is 11.3. The zero-order valence-corrected chi connectivity index (χ0v) is 14.2. The van der Waals surface area contributed by atoms with E-state index >= 15 is 0 Å². The first kappa shape index (κ1) is 15.7. The van der Waals surface area contributed by atoms with Gasteiger partial charge >= 0.3 is 0 Å². The monoisotopic (exact) mass is 331 g/mol. The molecule has 0 aliphatic carbocycles. The van der Waals surface area contributed by atoms with Crippen LogP contribution in [0.5, 0.6) is 0 Å². The minimum absolute atomic E-state index is 0.170. The second-order valence-electron chi connectivity index (χ2n) is 4.65. The molecule has 2 aromatic heterocycles. The topological polar surface area (TPSA) is 54.9 Å². The molecule has 1 N–H and O–H groups in total. The highest BCUT2D eigenvalue weighted by Crippen LogP contribution is 2.30.